The molecule has 3 fully saturated rings. The quantitative estimate of drug-likeness (QED) is 0.233. The average Bonchev–Trinajstić information content (AvgIpc) is 4.10. The zero-order valence-electron chi connectivity index (χ0n) is 35.1. The molecule has 3 N–H and O–H groups in total. The summed E-state index contributed by atoms with van der Waals surface area (Å²) < 4.78 is 39.5. The third kappa shape index (κ3) is 9.08. The maximum absolute atomic E-state index is 14.8. The molecule has 6 bridgehead atoms. The normalized spacial score (nSPS) is 25.9. The first-order chi connectivity index (χ1) is 28.6. The lowest BCUT2D eigenvalue weighted by Crippen LogP contribution is -2.59. The van der Waals surface area contributed by atoms with Gasteiger partial charge in [0, 0.05) is 30.0 Å². The zero-order chi connectivity index (χ0) is 43.0. The molecule has 1 aromatic heterocycles. The van der Waals surface area contributed by atoms with Gasteiger partial charge in [-0.3, -0.25) is 19.1 Å². The van der Waals surface area contributed by atoms with Crippen molar-refractivity contribution in [1.29, 1.82) is 0 Å². The van der Waals surface area contributed by atoms with Crippen LogP contribution in [0, 0.1) is 11.8 Å². The van der Waals surface area contributed by atoms with Gasteiger partial charge in [-0.1, -0.05) is 63.1 Å². The second kappa shape index (κ2) is 17.0. The summed E-state index contributed by atoms with van der Waals surface area (Å²) in [6.07, 6.45) is 6.95. The van der Waals surface area contributed by atoms with E-state index in [2.05, 4.69) is 28.0 Å². The van der Waals surface area contributed by atoms with Crippen LogP contribution in [0.25, 0.3) is 22.5 Å². The summed E-state index contributed by atoms with van der Waals surface area (Å²) in [7, 11) is -2.26. The molecule has 322 valence electrons. The molecule has 0 unspecified atom stereocenters. The van der Waals surface area contributed by atoms with Crippen molar-refractivity contribution in [2.75, 3.05) is 13.7 Å². The average molecular weight is 844 g/mol. The number of aromatic nitrogens is 3. The Bertz CT molecular complexity index is 2240. The van der Waals surface area contributed by atoms with Gasteiger partial charge in [0.15, 0.2) is 0 Å². The van der Waals surface area contributed by atoms with E-state index in [1.807, 2.05) is 56.3 Å². The molecule has 60 heavy (non-hydrogen) atoms. The van der Waals surface area contributed by atoms with Crippen molar-refractivity contribution in [3.63, 3.8) is 0 Å². The number of ether oxygens (including phenoxy) is 2. The van der Waals surface area contributed by atoms with Crippen molar-refractivity contribution in [2.24, 2.45) is 11.8 Å². The Labute approximate surface area is 352 Å². The highest BCUT2D eigenvalue weighted by Gasteiger charge is 2.62. The fourth-order valence-corrected chi connectivity index (χ4v) is 9.82. The van der Waals surface area contributed by atoms with Crippen LogP contribution < -0.4 is 20.1 Å². The predicted molar refractivity (Wildman–Crippen MR) is 225 cm³/mol. The fraction of sp³-hybridized carbons (Fsp3) is 0.545. The van der Waals surface area contributed by atoms with E-state index in [0.717, 1.165) is 54.5 Å². The van der Waals surface area contributed by atoms with E-state index in [0.29, 0.717) is 30.7 Å². The highest BCUT2D eigenvalue weighted by atomic mass is 32.2. The van der Waals surface area contributed by atoms with Crippen LogP contribution in [0.5, 0.6) is 5.75 Å². The molecule has 7 rings (SSSR count). The van der Waals surface area contributed by atoms with Crippen molar-refractivity contribution in [1.82, 2.24) is 35.2 Å². The molecule has 0 spiro atoms. The van der Waals surface area contributed by atoms with E-state index in [-0.39, 0.29) is 19.4 Å². The Hall–Kier alpha value is -5.25. The Kier molecular flexibility index (Phi) is 12.2. The van der Waals surface area contributed by atoms with Gasteiger partial charge in [-0.05, 0) is 88.5 Å². The minimum atomic E-state index is -3.92. The molecule has 5 atom stereocenters. The van der Waals surface area contributed by atoms with Crippen molar-refractivity contribution in [3.8, 4) is 28.3 Å². The molecule has 3 heterocycles. The van der Waals surface area contributed by atoms with Gasteiger partial charge in [0.05, 0.1) is 18.4 Å². The van der Waals surface area contributed by atoms with Crippen molar-refractivity contribution in [2.45, 2.75) is 126 Å². The highest BCUT2D eigenvalue weighted by Crippen LogP contribution is 2.46. The van der Waals surface area contributed by atoms with E-state index in [4.69, 9.17) is 19.7 Å². The zero-order valence-corrected chi connectivity index (χ0v) is 35.9. The lowest BCUT2D eigenvalue weighted by molar-refractivity contribution is -0.141. The Morgan fingerprint density at radius 2 is 1.72 bits per heavy atom. The van der Waals surface area contributed by atoms with Gasteiger partial charge >= 0.3 is 6.09 Å². The summed E-state index contributed by atoms with van der Waals surface area (Å²) in [5, 5.41) is 15.1. The van der Waals surface area contributed by atoms with E-state index >= 15 is 0 Å². The summed E-state index contributed by atoms with van der Waals surface area (Å²) in [4.78, 5) is 59.5. The van der Waals surface area contributed by atoms with E-state index in [1.54, 1.807) is 25.8 Å². The van der Waals surface area contributed by atoms with Crippen LogP contribution in [-0.4, -0.2) is 94.3 Å². The Balaban J connectivity index is 1.28. The van der Waals surface area contributed by atoms with Gasteiger partial charge < -0.3 is 25.0 Å². The number of benzene rings is 2. The van der Waals surface area contributed by atoms with Crippen LogP contribution in [0.15, 0.2) is 61.2 Å². The number of nitrogens with zero attached hydrogens (tertiary/aromatic N) is 4. The second-order valence-corrected chi connectivity index (χ2v) is 19.6. The van der Waals surface area contributed by atoms with Crippen LogP contribution >= 0.6 is 0 Å². The maximum Gasteiger partial charge on any atom is 0.408 e. The molecular formula is C44H57N7O8S. The lowest BCUT2D eigenvalue weighted by Gasteiger charge is -2.32. The van der Waals surface area contributed by atoms with Gasteiger partial charge in [0.25, 0.3) is 5.91 Å². The lowest BCUT2D eigenvalue weighted by atomic mass is 9.97. The number of amides is 4. The number of hydrogen-bond donors (Lipinski definition) is 3. The number of methoxy groups -OCH3 is 1. The third-order valence-corrected chi connectivity index (χ3v) is 14.0. The molecule has 2 aliphatic carbocycles. The first kappa shape index (κ1) is 42.9. The first-order valence-corrected chi connectivity index (χ1v) is 22.6. The smallest absolute Gasteiger partial charge is 0.408 e. The van der Waals surface area contributed by atoms with E-state index in [9.17, 15) is 27.6 Å². The van der Waals surface area contributed by atoms with Crippen LogP contribution in [0.1, 0.15) is 97.1 Å². The SMILES string of the molecule is C=C[C@@H]1C[C@]1(NC(=O)[C@@H]1C[C@@H]2CN1C(=O)[C@H](C(C)C)NC(=O)OC(C)(C)CCCCCCc1cc(ccc1OC)-c1nn2nc1-c1ccccc1)C(=O)NS(=O)(=O)C1CC1. The van der Waals surface area contributed by atoms with Gasteiger partial charge in [-0.25, -0.2) is 13.2 Å². The summed E-state index contributed by atoms with van der Waals surface area (Å²) in [6.45, 7) is 11.1. The minimum Gasteiger partial charge on any atom is -0.496 e. The predicted octanol–water partition coefficient (Wildman–Crippen LogP) is 5.47. The van der Waals surface area contributed by atoms with Crippen molar-refractivity contribution < 1.29 is 37.1 Å². The number of nitrogens with one attached hydrogen (secondary N) is 3. The van der Waals surface area contributed by atoms with Crippen LogP contribution in [-0.2, 0) is 35.6 Å². The molecule has 3 aromatic rings. The van der Waals surface area contributed by atoms with Crippen LogP contribution in [0.4, 0.5) is 4.79 Å². The van der Waals surface area contributed by atoms with E-state index < -0.39 is 80.2 Å². The summed E-state index contributed by atoms with van der Waals surface area (Å²) >= 11 is 0. The van der Waals surface area contributed by atoms with Gasteiger partial charge in [-0.15, -0.1) is 6.58 Å². The largest absolute Gasteiger partial charge is 0.496 e. The summed E-state index contributed by atoms with van der Waals surface area (Å²) in [6, 6.07) is 12.8. The highest BCUT2D eigenvalue weighted by molar-refractivity contribution is 7.91. The van der Waals surface area contributed by atoms with Crippen LogP contribution in [0.2, 0.25) is 0 Å². The number of carbonyl (C=O) groups excluding carboxylic acids is 4. The monoisotopic (exact) mass is 843 g/mol. The van der Waals surface area contributed by atoms with E-state index in [1.165, 1.54) is 11.0 Å². The molecule has 4 amide bonds. The molecule has 1 saturated heterocycles. The number of sulfonamides is 1. The van der Waals surface area contributed by atoms with Crippen LogP contribution in [0.3, 0.4) is 0 Å². The standard InChI is InChI=1S/C44H57N7O8S/c1-7-31-25-44(31,41(54)49-60(56,57)33-19-20-33)46-39(52)34-24-32-26-50(34)40(53)36(27(2)3)45-42(55)59-43(4,5)22-14-9-8-11-17-29-23-30(18-21-35(29)58-6)38-37(47-51(32)48-38)28-15-12-10-13-16-28/h7,10,12-13,15-16,18,21,23,27,31-34,36H,1,8-9,11,14,17,19-20,22,24-26H2,2-6H3,(H,45,55)(H,46,52)(H,49,54)/t31-,32-,34+,36+,44-/m1/s1. The number of cyclic esters (lactones) is 1. The molecule has 0 radical (unpaired) electrons. The molecule has 15 nitrogen and oxygen atoms in total. The molecule has 2 saturated carbocycles. The Morgan fingerprint density at radius 1 is 1.02 bits per heavy atom. The van der Waals surface area contributed by atoms with Crippen molar-refractivity contribution >= 4 is 33.8 Å². The van der Waals surface area contributed by atoms with Gasteiger partial charge in [0.1, 0.15) is 40.4 Å². The second-order valence-electron chi connectivity index (χ2n) is 17.6. The summed E-state index contributed by atoms with van der Waals surface area (Å²) in [5.74, 6) is -2.16. The number of fused-ring (bicyclic) bond motifs is 8. The number of alkyl carbamates (subject to hydrolysis) is 1. The molecule has 2 aromatic carbocycles. The van der Waals surface area contributed by atoms with Crippen molar-refractivity contribution in [3.05, 3.63) is 66.7 Å². The molecule has 4 aliphatic rings. The topological polar surface area (TPSA) is 191 Å². The minimum absolute atomic E-state index is 0.00127. The number of carbonyl (C=O) groups is 4. The fourth-order valence-electron chi connectivity index (χ4n) is 8.45. The number of hydrogen-bond acceptors (Lipinski definition) is 10. The van der Waals surface area contributed by atoms with Gasteiger partial charge in [0.2, 0.25) is 21.8 Å². The Morgan fingerprint density at radius 3 is 2.37 bits per heavy atom. The first-order valence-electron chi connectivity index (χ1n) is 21.1. The maximum atomic E-state index is 14.8. The molecular weight excluding hydrogens is 787 g/mol. The summed E-state index contributed by atoms with van der Waals surface area (Å²) in [5.41, 5.74) is 1.56. The molecule has 2 aliphatic heterocycles. The molecule has 16 heteroatoms. The number of aryl methyl sites for hydroxylation is 1. The third-order valence-electron chi connectivity index (χ3n) is 12.2. The number of rotatable bonds is 9. The van der Waals surface area contributed by atoms with Gasteiger partial charge in [-0.2, -0.15) is 15.0 Å².